The van der Waals surface area contributed by atoms with Gasteiger partial charge in [0, 0.05) is 38.4 Å². The van der Waals surface area contributed by atoms with E-state index in [2.05, 4.69) is 58.8 Å². The Morgan fingerprint density at radius 2 is 1.94 bits per heavy atom. The van der Waals surface area contributed by atoms with Gasteiger partial charge in [-0.25, -0.2) is 4.68 Å². The molecule has 3 heterocycles. The van der Waals surface area contributed by atoms with Gasteiger partial charge >= 0.3 is 0 Å². The maximum absolute atomic E-state index is 12.5. The molecular weight excluding hydrogens is 400 g/mol. The molecule has 1 saturated heterocycles. The van der Waals surface area contributed by atoms with Crippen LogP contribution < -0.4 is 5.32 Å². The fourth-order valence-corrected chi connectivity index (χ4v) is 5.01. The van der Waals surface area contributed by atoms with Crippen molar-refractivity contribution in [2.24, 2.45) is 0 Å². The molecule has 1 atom stereocenters. The zero-order chi connectivity index (χ0) is 22.1. The minimum Gasteiger partial charge on any atom is -0.357 e. The summed E-state index contributed by atoms with van der Waals surface area (Å²) in [6.07, 6.45) is 6.29. The van der Waals surface area contributed by atoms with E-state index in [-0.39, 0.29) is 11.5 Å². The summed E-state index contributed by atoms with van der Waals surface area (Å²) in [6.45, 7) is 4.88. The zero-order valence-corrected chi connectivity index (χ0v) is 18.8. The number of carbonyl (C=O) groups is 1. The van der Waals surface area contributed by atoms with Crippen molar-refractivity contribution in [1.82, 2.24) is 20.0 Å². The molecule has 2 aliphatic rings. The van der Waals surface area contributed by atoms with Crippen molar-refractivity contribution < 1.29 is 9.53 Å². The van der Waals surface area contributed by atoms with E-state index >= 15 is 0 Å². The number of aromatic nitrogens is 2. The van der Waals surface area contributed by atoms with Crippen molar-refractivity contribution >= 4 is 5.91 Å². The summed E-state index contributed by atoms with van der Waals surface area (Å²) in [4.78, 5) is 15.0. The second kappa shape index (κ2) is 8.52. The lowest BCUT2D eigenvalue weighted by Gasteiger charge is -2.39. The molecule has 0 aliphatic carbocycles. The molecule has 2 aromatic carbocycles. The molecule has 0 radical (unpaired) electrons. The normalized spacial score (nSPS) is 19.8. The Bertz CT molecular complexity index is 1100. The first-order chi connectivity index (χ1) is 15.6. The van der Waals surface area contributed by atoms with Gasteiger partial charge in [0.1, 0.15) is 0 Å². The predicted molar refractivity (Wildman–Crippen MR) is 123 cm³/mol. The van der Waals surface area contributed by atoms with Crippen LogP contribution in [0.5, 0.6) is 0 Å². The van der Waals surface area contributed by atoms with Crippen LogP contribution in [0.1, 0.15) is 48.1 Å². The molecule has 2 aliphatic heterocycles. The minimum absolute atomic E-state index is 0.0665. The van der Waals surface area contributed by atoms with Crippen LogP contribution >= 0.6 is 0 Å². The fourth-order valence-electron chi connectivity index (χ4n) is 5.01. The number of benzene rings is 2. The summed E-state index contributed by atoms with van der Waals surface area (Å²) in [5.41, 5.74) is 5.43. The van der Waals surface area contributed by atoms with Gasteiger partial charge < -0.3 is 10.1 Å². The average molecular weight is 431 g/mol. The molecule has 0 bridgehead atoms. The van der Waals surface area contributed by atoms with Gasteiger partial charge in [0.05, 0.1) is 17.5 Å². The number of nitrogens with zero attached hydrogens (tertiary/aromatic N) is 3. The molecule has 6 heteroatoms. The fraction of sp³-hybridized carbons (Fsp3) is 0.385. The molecule has 0 saturated carbocycles. The van der Waals surface area contributed by atoms with E-state index in [0.717, 1.165) is 50.1 Å². The lowest BCUT2D eigenvalue weighted by atomic mass is 9.82. The molecule has 32 heavy (non-hydrogen) atoms. The summed E-state index contributed by atoms with van der Waals surface area (Å²) < 4.78 is 8.45. The van der Waals surface area contributed by atoms with E-state index in [9.17, 15) is 4.79 Å². The number of fused-ring (bicyclic) bond motifs is 2. The van der Waals surface area contributed by atoms with Crippen LogP contribution in [-0.4, -0.2) is 40.7 Å². The minimum atomic E-state index is -0.517. The van der Waals surface area contributed by atoms with E-state index < -0.39 is 6.10 Å². The van der Waals surface area contributed by atoms with Crippen LogP contribution in [0.25, 0.3) is 5.69 Å². The highest BCUT2D eigenvalue weighted by Gasteiger charge is 2.48. The van der Waals surface area contributed by atoms with Crippen molar-refractivity contribution in [2.45, 2.75) is 44.4 Å². The number of aryl methyl sites for hydroxylation is 1. The standard InChI is InChI=1S/C26H30N4O2/c1-3-19-9-10-22-23(15-19)26(32-24(22)25(31)27-2)11-13-29(14-12-26)17-20-16-28-30(18-20)21-7-5-4-6-8-21/h4-10,15-16,18,24H,3,11-14,17H2,1-2H3,(H,27,31). The lowest BCUT2D eigenvalue weighted by molar-refractivity contribution is -0.150. The number of ether oxygens (including phenoxy) is 1. The van der Waals surface area contributed by atoms with Crippen LogP contribution in [0, 0.1) is 0 Å². The number of rotatable bonds is 5. The number of likely N-dealkylation sites (N-methyl/N-ethyl adjacent to an activating group) is 1. The smallest absolute Gasteiger partial charge is 0.253 e. The van der Waals surface area contributed by atoms with Crippen LogP contribution in [0.3, 0.4) is 0 Å². The van der Waals surface area contributed by atoms with Gasteiger partial charge in [0.15, 0.2) is 6.10 Å². The number of piperidine rings is 1. The Morgan fingerprint density at radius 3 is 2.66 bits per heavy atom. The highest BCUT2D eigenvalue weighted by molar-refractivity contribution is 5.83. The van der Waals surface area contributed by atoms with Gasteiger partial charge in [-0.3, -0.25) is 9.69 Å². The molecule has 1 spiro atoms. The van der Waals surface area contributed by atoms with E-state index in [1.54, 1.807) is 7.05 Å². The zero-order valence-electron chi connectivity index (χ0n) is 18.8. The first kappa shape index (κ1) is 20.9. The monoisotopic (exact) mass is 430 g/mol. The summed E-state index contributed by atoms with van der Waals surface area (Å²) in [6, 6.07) is 16.7. The predicted octanol–water partition coefficient (Wildman–Crippen LogP) is 3.74. The number of nitrogens with one attached hydrogen (secondary N) is 1. The largest absolute Gasteiger partial charge is 0.357 e. The topological polar surface area (TPSA) is 59.4 Å². The Morgan fingerprint density at radius 1 is 1.16 bits per heavy atom. The SMILES string of the molecule is CCc1ccc2c(c1)C1(CCN(Cc3cnn(-c4ccccc4)c3)CC1)OC2C(=O)NC. The first-order valence-electron chi connectivity index (χ1n) is 11.5. The summed E-state index contributed by atoms with van der Waals surface area (Å²) >= 11 is 0. The van der Waals surface area contributed by atoms with Crippen molar-refractivity contribution in [1.29, 1.82) is 0 Å². The van der Waals surface area contributed by atoms with E-state index in [1.165, 1.54) is 16.7 Å². The van der Waals surface area contributed by atoms with Gasteiger partial charge in [0.2, 0.25) is 0 Å². The van der Waals surface area contributed by atoms with Gasteiger partial charge in [-0.05, 0) is 48.1 Å². The second-order valence-electron chi connectivity index (χ2n) is 8.79. The number of carbonyl (C=O) groups excluding carboxylic acids is 1. The highest BCUT2D eigenvalue weighted by Crippen LogP contribution is 2.49. The third-order valence-corrected chi connectivity index (χ3v) is 6.85. The third kappa shape index (κ3) is 3.74. The van der Waals surface area contributed by atoms with Crippen molar-refractivity contribution in [3.05, 3.63) is 83.2 Å². The summed E-state index contributed by atoms with van der Waals surface area (Å²) in [5.74, 6) is -0.0665. The quantitative estimate of drug-likeness (QED) is 0.670. The molecule has 1 fully saturated rings. The van der Waals surface area contributed by atoms with Crippen LogP contribution in [0.2, 0.25) is 0 Å². The van der Waals surface area contributed by atoms with Crippen LogP contribution in [-0.2, 0) is 28.1 Å². The lowest BCUT2D eigenvalue weighted by Crippen LogP contribution is -2.42. The van der Waals surface area contributed by atoms with Crippen molar-refractivity contribution in [3.8, 4) is 5.69 Å². The Kier molecular flexibility index (Phi) is 5.57. The van der Waals surface area contributed by atoms with Crippen LogP contribution in [0.4, 0.5) is 0 Å². The van der Waals surface area contributed by atoms with E-state index in [0.29, 0.717) is 0 Å². The summed E-state index contributed by atoms with van der Waals surface area (Å²) in [5, 5.41) is 7.30. The molecular formula is C26H30N4O2. The first-order valence-corrected chi connectivity index (χ1v) is 11.5. The second-order valence-corrected chi connectivity index (χ2v) is 8.79. The van der Waals surface area contributed by atoms with Crippen LogP contribution in [0.15, 0.2) is 60.9 Å². The van der Waals surface area contributed by atoms with Gasteiger partial charge in [-0.1, -0.05) is 43.3 Å². The summed E-state index contributed by atoms with van der Waals surface area (Å²) in [7, 11) is 1.68. The molecule has 6 nitrogen and oxygen atoms in total. The maximum atomic E-state index is 12.5. The Labute approximate surface area is 189 Å². The van der Waals surface area contributed by atoms with Gasteiger partial charge in [0.25, 0.3) is 5.91 Å². The molecule has 1 unspecified atom stereocenters. The van der Waals surface area contributed by atoms with Gasteiger partial charge in [-0.2, -0.15) is 5.10 Å². The average Bonchev–Trinajstić information content (AvgIpc) is 3.43. The Balaban J connectivity index is 1.31. The number of likely N-dealkylation sites (tertiary alicyclic amines) is 1. The molecule has 1 N–H and O–H groups in total. The van der Waals surface area contributed by atoms with Crippen molar-refractivity contribution in [3.63, 3.8) is 0 Å². The maximum Gasteiger partial charge on any atom is 0.253 e. The highest BCUT2D eigenvalue weighted by atomic mass is 16.5. The molecule has 5 rings (SSSR count). The molecule has 166 valence electrons. The van der Waals surface area contributed by atoms with E-state index in [4.69, 9.17) is 4.74 Å². The molecule has 1 amide bonds. The third-order valence-electron chi connectivity index (χ3n) is 6.85. The number of hydrogen-bond donors (Lipinski definition) is 1. The molecule has 1 aromatic heterocycles. The number of amides is 1. The van der Waals surface area contributed by atoms with Gasteiger partial charge in [-0.15, -0.1) is 0 Å². The number of para-hydroxylation sites is 1. The van der Waals surface area contributed by atoms with Crippen molar-refractivity contribution in [2.75, 3.05) is 20.1 Å². The number of hydrogen-bond acceptors (Lipinski definition) is 4. The van der Waals surface area contributed by atoms with E-state index in [1.807, 2.05) is 29.1 Å². The Hall–Kier alpha value is -2.96. The molecule has 3 aromatic rings.